The van der Waals surface area contributed by atoms with Gasteiger partial charge in [-0.1, -0.05) is 25.5 Å². The van der Waals surface area contributed by atoms with Gasteiger partial charge in [-0.2, -0.15) is 0 Å². The molecule has 1 aliphatic carbocycles. The van der Waals surface area contributed by atoms with Crippen molar-refractivity contribution >= 4 is 21.7 Å². The van der Waals surface area contributed by atoms with Crippen molar-refractivity contribution < 1.29 is 27.1 Å². The Kier molecular flexibility index (Phi) is 7.36. The zero-order valence-corrected chi connectivity index (χ0v) is 20.2. The highest BCUT2D eigenvalue weighted by Gasteiger charge is 2.34. The second-order valence-corrected chi connectivity index (χ2v) is 11.6. The molecule has 2 aromatic carbocycles. The van der Waals surface area contributed by atoms with Gasteiger partial charge in [-0.25, -0.2) is 12.8 Å². The number of amides is 2. The number of ether oxygens (including phenoxy) is 1. The van der Waals surface area contributed by atoms with Crippen molar-refractivity contribution in [2.24, 2.45) is 5.92 Å². The van der Waals surface area contributed by atoms with Gasteiger partial charge >= 0.3 is 0 Å². The molecule has 1 saturated carbocycles. The van der Waals surface area contributed by atoms with Crippen LogP contribution in [-0.4, -0.2) is 49.8 Å². The standard InChI is InChI=1S/C26H30FNO5S/c1-18(20-13-21(27)15-22(14-20)33-16-19-9-10-19)17-34(31,32)12-6-2-5-11-28-25(29)23-7-3-4-8-24(23)26(28)30/h3-4,7-8,13-15,18-19H,2,5-6,9-12,16-17H2,1H3/t18-/m1/s1. The third-order valence-electron chi connectivity index (χ3n) is 6.36. The summed E-state index contributed by atoms with van der Waals surface area (Å²) >= 11 is 0. The van der Waals surface area contributed by atoms with E-state index >= 15 is 0 Å². The molecule has 8 heteroatoms. The van der Waals surface area contributed by atoms with Crippen LogP contribution in [0, 0.1) is 11.7 Å². The van der Waals surface area contributed by atoms with Crippen molar-refractivity contribution in [3.63, 3.8) is 0 Å². The first kappa shape index (κ1) is 24.4. The van der Waals surface area contributed by atoms with Gasteiger partial charge in [0, 0.05) is 12.6 Å². The molecule has 1 heterocycles. The number of nitrogens with zero attached hydrogens (tertiary/aromatic N) is 1. The first-order chi connectivity index (χ1) is 16.2. The van der Waals surface area contributed by atoms with Crippen molar-refractivity contribution in [2.45, 2.75) is 44.9 Å². The molecule has 1 atom stereocenters. The summed E-state index contributed by atoms with van der Waals surface area (Å²) in [5.74, 6) is -0.448. The largest absolute Gasteiger partial charge is 0.493 e. The molecule has 34 heavy (non-hydrogen) atoms. The van der Waals surface area contributed by atoms with Crippen LogP contribution < -0.4 is 4.74 Å². The smallest absolute Gasteiger partial charge is 0.261 e. The van der Waals surface area contributed by atoms with Gasteiger partial charge in [0.05, 0.1) is 29.2 Å². The summed E-state index contributed by atoms with van der Waals surface area (Å²) in [6.45, 7) is 2.62. The minimum Gasteiger partial charge on any atom is -0.493 e. The monoisotopic (exact) mass is 487 g/mol. The van der Waals surface area contributed by atoms with E-state index in [1.165, 1.54) is 17.0 Å². The lowest BCUT2D eigenvalue weighted by Crippen LogP contribution is -2.30. The van der Waals surface area contributed by atoms with Gasteiger partial charge in [0.2, 0.25) is 0 Å². The van der Waals surface area contributed by atoms with E-state index in [4.69, 9.17) is 4.74 Å². The Labute approximate surface area is 200 Å². The fraction of sp³-hybridized carbons (Fsp3) is 0.462. The molecule has 6 nitrogen and oxygen atoms in total. The number of hydrogen-bond donors (Lipinski definition) is 0. The molecule has 2 aromatic rings. The average Bonchev–Trinajstić information content (AvgIpc) is 3.59. The summed E-state index contributed by atoms with van der Waals surface area (Å²) in [5.41, 5.74) is 1.45. The predicted molar refractivity (Wildman–Crippen MR) is 127 cm³/mol. The minimum atomic E-state index is -3.35. The quantitative estimate of drug-likeness (QED) is 0.323. The molecule has 0 N–H and O–H groups in total. The van der Waals surface area contributed by atoms with E-state index < -0.39 is 15.7 Å². The van der Waals surface area contributed by atoms with Crippen LogP contribution in [0.1, 0.15) is 71.2 Å². The van der Waals surface area contributed by atoms with Crippen molar-refractivity contribution in [3.05, 3.63) is 65.0 Å². The number of benzene rings is 2. The van der Waals surface area contributed by atoms with Gasteiger partial charge in [0.1, 0.15) is 11.6 Å². The Morgan fingerprint density at radius 1 is 1.03 bits per heavy atom. The van der Waals surface area contributed by atoms with Gasteiger partial charge in [-0.15, -0.1) is 0 Å². The van der Waals surface area contributed by atoms with E-state index in [1.807, 2.05) is 0 Å². The number of rotatable bonds is 12. The molecule has 0 radical (unpaired) electrons. The first-order valence-corrected chi connectivity index (χ1v) is 13.6. The number of carbonyl (C=O) groups excluding carboxylic acids is 2. The van der Waals surface area contributed by atoms with Crippen molar-refractivity contribution in [1.82, 2.24) is 4.90 Å². The summed E-state index contributed by atoms with van der Waals surface area (Å²) in [6, 6.07) is 11.2. The lowest BCUT2D eigenvalue weighted by atomic mass is 10.0. The predicted octanol–water partition coefficient (Wildman–Crippen LogP) is 4.60. The third-order valence-corrected chi connectivity index (χ3v) is 8.28. The summed E-state index contributed by atoms with van der Waals surface area (Å²) in [7, 11) is -3.35. The number of fused-ring (bicyclic) bond motifs is 1. The fourth-order valence-electron chi connectivity index (χ4n) is 4.22. The van der Waals surface area contributed by atoms with Crippen LogP contribution in [-0.2, 0) is 9.84 Å². The normalized spacial score (nSPS) is 16.6. The highest BCUT2D eigenvalue weighted by Crippen LogP contribution is 2.31. The summed E-state index contributed by atoms with van der Waals surface area (Å²) in [6.07, 6.45) is 3.84. The molecule has 1 fully saturated rings. The second-order valence-electron chi connectivity index (χ2n) is 9.36. The van der Waals surface area contributed by atoms with Crippen LogP contribution in [0.15, 0.2) is 42.5 Å². The Hall–Kier alpha value is -2.74. The van der Waals surface area contributed by atoms with E-state index in [9.17, 15) is 22.4 Å². The van der Waals surface area contributed by atoms with Gasteiger partial charge < -0.3 is 4.74 Å². The van der Waals surface area contributed by atoms with Gasteiger partial charge in [-0.05, 0) is 67.3 Å². The highest BCUT2D eigenvalue weighted by atomic mass is 32.2. The molecule has 4 rings (SSSR count). The van der Waals surface area contributed by atoms with Gasteiger partial charge in [0.25, 0.3) is 11.8 Å². The highest BCUT2D eigenvalue weighted by molar-refractivity contribution is 7.91. The molecule has 0 saturated heterocycles. The average molecular weight is 488 g/mol. The Balaban J connectivity index is 1.22. The maximum absolute atomic E-state index is 14.0. The maximum atomic E-state index is 14.0. The molecule has 1 aliphatic heterocycles. The van der Waals surface area contributed by atoms with Crippen LogP contribution in [0.25, 0.3) is 0 Å². The molecule has 0 aromatic heterocycles. The number of unbranched alkanes of at least 4 members (excludes halogenated alkanes) is 2. The summed E-state index contributed by atoms with van der Waals surface area (Å²) < 4.78 is 45.0. The molecule has 2 aliphatic rings. The minimum absolute atomic E-state index is 0.0137. The van der Waals surface area contributed by atoms with E-state index in [-0.39, 0.29) is 35.8 Å². The lowest BCUT2D eigenvalue weighted by molar-refractivity contribution is 0.0651. The maximum Gasteiger partial charge on any atom is 0.261 e. The topological polar surface area (TPSA) is 80.8 Å². The summed E-state index contributed by atoms with van der Waals surface area (Å²) in [4.78, 5) is 26.0. The van der Waals surface area contributed by atoms with Crippen molar-refractivity contribution in [3.8, 4) is 5.75 Å². The number of sulfone groups is 1. The van der Waals surface area contributed by atoms with Gasteiger partial charge in [0.15, 0.2) is 9.84 Å². The van der Waals surface area contributed by atoms with Crippen LogP contribution in [0.3, 0.4) is 0 Å². The molecule has 0 spiro atoms. The summed E-state index contributed by atoms with van der Waals surface area (Å²) in [5, 5.41) is 0. The van der Waals surface area contributed by atoms with Crippen molar-refractivity contribution in [2.75, 3.05) is 24.7 Å². The van der Waals surface area contributed by atoms with Crippen molar-refractivity contribution in [1.29, 1.82) is 0 Å². The van der Waals surface area contributed by atoms with Crippen LogP contribution in [0.2, 0.25) is 0 Å². The van der Waals surface area contributed by atoms with Gasteiger partial charge in [-0.3, -0.25) is 14.5 Å². The zero-order chi connectivity index (χ0) is 24.3. The van der Waals surface area contributed by atoms with Crippen LogP contribution in [0.5, 0.6) is 5.75 Å². The Bertz CT molecular complexity index is 1140. The van der Waals surface area contributed by atoms with E-state index in [0.29, 0.717) is 54.2 Å². The lowest BCUT2D eigenvalue weighted by Gasteiger charge is -2.15. The SMILES string of the molecule is C[C@H](CS(=O)(=O)CCCCCN1C(=O)c2ccccc2C1=O)c1cc(F)cc(OCC2CC2)c1. The molecule has 0 unspecified atom stereocenters. The van der Waals surface area contributed by atoms with E-state index in [0.717, 1.165) is 12.8 Å². The Morgan fingerprint density at radius 3 is 2.35 bits per heavy atom. The van der Waals surface area contributed by atoms with Crippen LogP contribution in [0.4, 0.5) is 4.39 Å². The number of halogens is 1. The second kappa shape index (κ2) is 10.3. The number of imide groups is 1. The van der Waals surface area contributed by atoms with E-state index in [1.54, 1.807) is 37.3 Å². The third kappa shape index (κ3) is 6.03. The Morgan fingerprint density at radius 2 is 1.71 bits per heavy atom. The molecule has 182 valence electrons. The zero-order valence-electron chi connectivity index (χ0n) is 19.3. The molecular formula is C26H30FNO5S. The number of hydrogen-bond acceptors (Lipinski definition) is 5. The fourth-order valence-corrected chi connectivity index (χ4v) is 5.99. The van der Waals surface area contributed by atoms with Crippen LogP contribution >= 0.6 is 0 Å². The molecule has 2 amide bonds. The molecular weight excluding hydrogens is 457 g/mol. The van der Waals surface area contributed by atoms with E-state index in [2.05, 4.69) is 0 Å². The molecule has 0 bridgehead atoms. The number of carbonyl (C=O) groups is 2. The first-order valence-electron chi connectivity index (χ1n) is 11.8.